The van der Waals surface area contributed by atoms with E-state index in [2.05, 4.69) is 0 Å². The van der Waals surface area contributed by atoms with E-state index in [1.54, 1.807) is 19.2 Å². The first-order valence-corrected chi connectivity index (χ1v) is 7.09. The average molecular weight is 312 g/mol. The number of hydrogen-bond donors (Lipinski definition) is 2. The lowest BCUT2D eigenvalue weighted by Gasteiger charge is -2.45. The molecule has 22 heavy (non-hydrogen) atoms. The van der Waals surface area contributed by atoms with Crippen molar-refractivity contribution < 1.29 is 33.9 Å². The molecular formula is C15H20O7. The van der Waals surface area contributed by atoms with Gasteiger partial charge in [-0.05, 0) is 12.1 Å². The van der Waals surface area contributed by atoms with Gasteiger partial charge in [0.2, 0.25) is 0 Å². The summed E-state index contributed by atoms with van der Waals surface area (Å²) in [7, 11) is 3.00. The normalized spacial score (nSPS) is 38.4. The van der Waals surface area contributed by atoms with Crippen molar-refractivity contribution in [1.82, 2.24) is 0 Å². The molecule has 0 aliphatic carbocycles. The first-order valence-electron chi connectivity index (χ1n) is 7.09. The number of hydrogen-bond acceptors (Lipinski definition) is 7. The van der Waals surface area contributed by atoms with Gasteiger partial charge in [-0.3, -0.25) is 0 Å². The molecule has 3 rings (SSSR count). The van der Waals surface area contributed by atoms with E-state index in [1.165, 1.54) is 7.11 Å². The van der Waals surface area contributed by atoms with E-state index in [-0.39, 0.29) is 6.61 Å². The Kier molecular flexibility index (Phi) is 4.62. The molecule has 7 nitrogen and oxygen atoms in total. The Balaban J connectivity index is 1.72. The van der Waals surface area contributed by atoms with E-state index in [1.807, 2.05) is 12.1 Å². The Morgan fingerprint density at radius 2 is 1.77 bits per heavy atom. The van der Waals surface area contributed by atoms with Crippen LogP contribution >= 0.6 is 0 Å². The molecule has 0 radical (unpaired) electrons. The molecule has 2 N–H and O–H groups in total. The molecule has 0 saturated carbocycles. The summed E-state index contributed by atoms with van der Waals surface area (Å²) in [6.45, 7) is 0.241. The molecule has 0 spiro atoms. The van der Waals surface area contributed by atoms with Crippen LogP contribution in [0.15, 0.2) is 24.3 Å². The summed E-state index contributed by atoms with van der Waals surface area (Å²) in [6, 6.07) is 7.26. The molecule has 1 aromatic carbocycles. The molecule has 0 bridgehead atoms. The van der Waals surface area contributed by atoms with Gasteiger partial charge in [-0.1, -0.05) is 12.1 Å². The zero-order valence-electron chi connectivity index (χ0n) is 12.4. The fourth-order valence-corrected chi connectivity index (χ4v) is 2.70. The number of benzene rings is 1. The van der Waals surface area contributed by atoms with Crippen LogP contribution in [0.3, 0.4) is 0 Å². The van der Waals surface area contributed by atoms with Gasteiger partial charge in [0.1, 0.15) is 30.2 Å². The smallest absolute Gasteiger partial charge is 0.186 e. The van der Waals surface area contributed by atoms with E-state index < -0.39 is 37.0 Å². The molecule has 7 heteroatoms. The van der Waals surface area contributed by atoms with Gasteiger partial charge in [0, 0.05) is 12.7 Å². The number of aliphatic hydroxyl groups excluding tert-OH is 2. The minimum Gasteiger partial charge on any atom is -0.497 e. The van der Waals surface area contributed by atoms with Gasteiger partial charge in [0.15, 0.2) is 12.6 Å². The van der Waals surface area contributed by atoms with Crippen molar-refractivity contribution in [1.29, 1.82) is 0 Å². The summed E-state index contributed by atoms with van der Waals surface area (Å²) >= 11 is 0. The lowest BCUT2D eigenvalue weighted by Crippen LogP contribution is -2.62. The topological polar surface area (TPSA) is 86.6 Å². The molecule has 122 valence electrons. The van der Waals surface area contributed by atoms with Crippen LogP contribution in [0, 0.1) is 0 Å². The van der Waals surface area contributed by atoms with E-state index in [0.29, 0.717) is 0 Å². The average Bonchev–Trinajstić information content (AvgIpc) is 2.58. The van der Waals surface area contributed by atoms with Crippen molar-refractivity contribution in [3.05, 3.63) is 29.8 Å². The lowest BCUT2D eigenvalue weighted by molar-refractivity contribution is -0.358. The molecule has 0 amide bonds. The van der Waals surface area contributed by atoms with E-state index in [9.17, 15) is 10.2 Å². The fraction of sp³-hybridized carbons (Fsp3) is 0.600. The standard InChI is InChI=1S/C15H20O7/c1-18-9-5-3-8(4-6-9)14-20-7-10-13(22-14)11(16)12(17)15(19-2)21-10/h3-6,10-17H,7H2,1-2H3/t10?,11?,12?,13-,14?,15+/m1/s1. The molecule has 2 saturated heterocycles. The molecule has 2 heterocycles. The summed E-state index contributed by atoms with van der Waals surface area (Å²) in [5.41, 5.74) is 0.801. The Labute approximate surface area is 128 Å². The Morgan fingerprint density at radius 3 is 2.41 bits per heavy atom. The molecule has 0 aromatic heterocycles. The quantitative estimate of drug-likeness (QED) is 0.824. The SMILES string of the molecule is COc1ccc(C2OCC3O[C@H](OC)C(O)C(O)[C@@H]3O2)cc1. The van der Waals surface area contributed by atoms with Gasteiger partial charge in [0.05, 0.1) is 13.7 Å². The van der Waals surface area contributed by atoms with Gasteiger partial charge in [-0.2, -0.15) is 0 Å². The van der Waals surface area contributed by atoms with Crippen LogP contribution in [0.25, 0.3) is 0 Å². The number of fused-ring (bicyclic) bond motifs is 1. The van der Waals surface area contributed by atoms with E-state index in [0.717, 1.165) is 11.3 Å². The van der Waals surface area contributed by atoms with Crippen molar-refractivity contribution in [2.75, 3.05) is 20.8 Å². The summed E-state index contributed by atoms with van der Waals surface area (Å²) in [4.78, 5) is 0. The lowest BCUT2D eigenvalue weighted by atomic mass is 9.98. The molecule has 4 unspecified atom stereocenters. The predicted octanol–water partition coefficient (Wildman–Crippen LogP) is 0.202. The van der Waals surface area contributed by atoms with Crippen LogP contribution in [0.2, 0.25) is 0 Å². The minimum atomic E-state index is -1.17. The fourth-order valence-electron chi connectivity index (χ4n) is 2.70. The highest BCUT2D eigenvalue weighted by Gasteiger charge is 2.48. The van der Waals surface area contributed by atoms with Crippen LogP contribution in [0.5, 0.6) is 5.75 Å². The summed E-state index contributed by atoms with van der Waals surface area (Å²) in [5.74, 6) is 0.733. The highest BCUT2D eigenvalue weighted by Crippen LogP contribution is 2.34. The second-order valence-electron chi connectivity index (χ2n) is 5.30. The third-order valence-corrected chi connectivity index (χ3v) is 3.95. The van der Waals surface area contributed by atoms with Crippen LogP contribution in [0.4, 0.5) is 0 Å². The van der Waals surface area contributed by atoms with Gasteiger partial charge in [-0.15, -0.1) is 0 Å². The zero-order chi connectivity index (χ0) is 15.7. The molecule has 2 aliphatic rings. The molecule has 1 aromatic rings. The van der Waals surface area contributed by atoms with Crippen LogP contribution in [0.1, 0.15) is 11.9 Å². The van der Waals surface area contributed by atoms with Crippen molar-refractivity contribution in [3.8, 4) is 5.75 Å². The van der Waals surface area contributed by atoms with Crippen molar-refractivity contribution in [2.24, 2.45) is 0 Å². The van der Waals surface area contributed by atoms with Crippen molar-refractivity contribution in [2.45, 2.75) is 37.0 Å². The van der Waals surface area contributed by atoms with Crippen LogP contribution in [-0.2, 0) is 18.9 Å². The number of ether oxygens (including phenoxy) is 5. The predicted molar refractivity (Wildman–Crippen MR) is 74.2 cm³/mol. The summed E-state index contributed by atoms with van der Waals surface area (Å²) in [6.07, 6.45) is -4.95. The summed E-state index contributed by atoms with van der Waals surface area (Å²) in [5, 5.41) is 20.2. The Hall–Kier alpha value is -1.22. The molecule has 2 aliphatic heterocycles. The largest absolute Gasteiger partial charge is 0.497 e. The maximum absolute atomic E-state index is 10.2. The molecule has 6 atom stereocenters. The van der Waals surface area contributed by atoms with Crippen molar-refractivity contribution >= 4 is 0 Å². The minimum absolute atomic E-state index is 0.241. The van der Waals surface area contributed by atoms with Crippen molar-refractivity contribution in [3.63, 3.8) is 0 Å². The maximum Gasteiger partial charge on any atom is 0.186 e. The second kappa shape index (κ2) is 6.49. The number of aliphatic hydroxyl groups is 2. The van der Waals surface area contributed by atoms with Crippen LogP contribution in [-0.4, -0.2) is 61.7 Å². The van der Waals surface area contributed by atoms with Gasteiger partial charge >= 0.3 is 0 Å². The highest BCUT2D eigenvalue weighted by molar-refractivity contribution is 5.28. The molecule has 2 fully saturated rings. The highest BCUT2D eigenvalue weighted by atomic mass is 16.7. The zero-order valence-corrected chi connectivity index (χ0v) is 12.4. The number of rotatable bonds is 3. The third-order valence-electron chi connectivity index (χ3n) is 3.95. The summed E-state index contributed by atoms with van der Waals surface area (Å²) < 4.78 is 27.1. The monoisotopic (exact) mass is 312 g/mol. The van der Waals surface area contributed by atoms with E-state index in [4.69, 9.17) is 23.7 Å². The number of methoxy groups -OCH3 is 2. The maximum atomic E-state index is 10.2. The second-order valence-corrected chi connectivity index (χ2v) is 5.30. The first kappa shape index (κ1) is 15.7. The molecular weight excluding hydrogens is 292 g/mol. The Morgan fingerprint density at radius 1 is 1.05 bits per heavy atom. The third kappa shape index (κ3) is 2.83. The van der Waals surface area contributed by atoms with Crippen LogP contribution < -0.4 is 4.74 Å². The van der Waals surface area contributed by atoms with E-state index >= 15 is 0 Å². The Bertz CT molecular complexity index is 489. The first-order chi connectivity index (χ1) is 10.6. The van der Waals surface area contributed by atoms with Gasteiger partial charge < -0.3 is 33.9 Å². The van der Waals surface area contributed by atoms with Gasteiger partial charge in [0.25, 0.3) is 0 Å². The van der Waals surface area contributed by atoms with Gasteiger partial charge in [-0.25, -0.2) is 0 Å².